The number of rotatable bonds is 3. The summed E-state index contributed by atoms with van der Waals surface area (Å²) in [5.74, 6) is 0.217. The molecule has 2 heterocycles. The van der Waals surface area contributed by atoms with Crippen LogP contribution in [0.4, 0.5) is 0 Å². The molecule has 2 atom stereocenters. The Balaban J connectivity index is 2.19. The summed E-state index contributed by atoms with van der Waals surface area (Å²) in [7, 11) is 2.18. The van der Waals surface area contributed by atoms with Crippen LogP contribution in [0.5, 0.6) is 0 Å². The van der Waals surface area contributed by atoms with Crippen molar-refractivity contribution >= 4 is 5.78 Å². The van der Waals surface area contributed by atoms with E-state index in [-0.39, 0.29) is 5.78 Å². The van der Waals surface area contributed by atoms with Crippen molar-refractivity contribution in [1.82, 2.24) is 4.90 Å². The molecule has 0 aromatic heterocycles. The van der Waals surface area contributed by atoms with Crippen LogP contribution in [0.2, 0.25) is 0 Å². The van der Waals surface area contributed by atoms with Crippen molar-refractivity contribution in [3.8, 4) is 0 Å². The Morgan fingerprint density at radius 3 is 2.33 bits per heavy atom. The van der Waals surface area contributed by atoms with Gasteiger partial charge in [0.2, 0.25) is 0 Å². The number of ketones is 1. The Kier molecular flexibility index (Phi) is 2.86. The minimum absolute atomic E-state index is 0.217. The number of hydrogen-bond donors (Lipinski definition) is 0. The van der Waals surface area contributed by atoms with Crippen molar-refractivity contribution in [2.24, 2.45) is 0 Å². The van der Waals surface area contributed by atoms with Gasteiger partial charge < -0.3 is 9.64 Å². The third-order valence-electron chi connectivity index (χ3n) is 4.18. The minimum Gasteiger partial charge on any atom is -0.367 e. The van der Waals surface area contributed by atoms with Crippen LogP contribution in [-0.2, 0) is 9.53 Å². The van der Waals surface area contributed by atoms with E-state index in [1.54, 1.807) is 6.92 Å². The lowest BCUT2D eigenvalue weighted by atomic mass is 9.83. The van der Waals surface area contributed by atoms with Crippen molar-refractivity contribution < 1.29 is 9.53 Å². The van der Waals surface area contributed by atoms with E-state index in [2.05, 4.69) is 11.9 Å². The maximum absolute atomic E-state index is 11.8. The highest BCUT2D eigenvalue weighted by Gasteiger charge is 2.50. The number of nitrogens with zero attached hydrogens (tertiary/aromatic N) is 1. The lowest BCUT2D eigenvalue weighted by Gasteiger charge is -2.43. The molecule has 2 aliphatic heterocycles. The molecule has 0 radical (unpaired) electrons. The van der Waals surface area contributed by atoms with Crippen molar-refractivity contribution in [1.29, 1.82) is 0 Å². The first kappa shape index (κ1) is 11.1. The second-order valence-corrected chi connectivity index (χ2v) is 4.94. The van der Waals surface area contributed by atoms with Crippen LogP contribution in [0.1, 0.15) is 39.5 Å². The van der Waals surface area contributed by atoms with Crippen LogP contribution in [0.15, 0.2) is 0 Å². The summed E-state index contributed by atoms with van der Waals surface area (Å²) in [5, 5.41) is 0. The highest BCUT2D eigenvalue weighted by molar-refractivity contribution is 5.85. The molecule has 2 saturated heterocycles. The van der Waals surface area contributed by atoms with Gasteiger partial charge in [0.25, 0.3) is 0 Å². The highest BCUT2D eigenvalue weighted by atomic mass is 16.5. The Hall–Kier alpha value is -0.410. The first-order valence-corrected chi connectivity index (χ1v) is 5.96. The molecular weight excluding hydrogens is 190 g/mol. The van der Waals surface area contributed by atoms with E-state index in [4.69, 9.17) is 4.74 Å². The van der Waals surface area contributed by atoms with Crippen LogP contribution in [0.3, 0.4) is 0 Å². The van der Waals surface area contributed by atoms with Crippen LogP contribution in [0.25, 0.3) is 0 Å². The zero-order chi connectivity index (χ0) is 11.1. The fraction of sp³-hybridized carbons (Fsp3) is 0.917. The third kappa shape index (κ3) is 1.72. The average molecular weight is 211 g/mol. The van der Waals surface area contributed by atoms with Gasteiger partial charge in [-0.1, -0.05) is 0 Å². The predicted octanol–water partition coefficient (Wildman–Crippen LogP) is 1.61. The molecule has 2 fully saturated rings. The molecule has 2 rings (SSSR count). The van der Waals surface area contributed by atoms with E-state index in [9.17, 15) is 4.79 Å². The summed E-state index contributed by atoms with van der Waals surface area (Å²) < 4.78 is 5.78. The topological polar surface area (TPSA) is 29.5 Å². The molecule has 0 aromatic rings. The largest absolute Gasteiger partial charge is 0.367 e. The van der Waals surface area contributed by atoms with Gasteiger partial charge in [-0.15, -0.1) is 0 Å². The van der Waals surface area contributed by atoms with Crippen LogP contribution < -0.4 is 0 Å². The van der Waals surface area contributed by atoms with E-state index in [0.29, 0.717) is 18.7 Å². The molecule has 0 spiro atoms. The third-order valence-corrected chi connectivity index (χ3v) is 4.18. The SMILES string of the molecule is CCOC1(C(C)=O)CC2CCC(C1)N2C. The molecule has 0 amide bonds. The lowest BCUT2D eigenvalue weighted by molar-refractivity contribution is -0.152. The molecule has 0 N–H and O–H groups in total. The Morgan fingerprint density at radius 1 is 1.40 bits per heavy atom. The van der Waals surface area contributed by atoms with Crippen molar-refractivity contribution in [3.63, 3.8) is 0 Å². The molecular formula is C12H21NO2. The zero-order valence-corrected chi connectivity index (χ0v) is 9.95. The minimum atomic E-state index is -0.465. The molecule has 3 nitrogen and oxygen atoms in total. The van der Waals surface area contributed by atoms with Gasteiger partial charge in [-0.25, -0.2) is 0 Å². The number of fused-ring (bicyclic) bond motifs is 2. The van der Waals surface area contributed by atoms with Gasteiger partial charge in [0.05, 0.1) is 0 Å². The fourth-order valence-electron chi connectivity index (χ4n) is 3.21. The molecule has 2 aliphatic rings. The van der Waals surface area contributed by atoms with Gasteiger partial charge in [0, 0.05) is 18.7 Å². The van der Waals surface area contributed by atoms with Crippen molar-refractivity contribution in [3.05, 3.63) is 0 Å². The molecule has 86 valence electrons. The molecule has 0 aliphatic carbocycles. The van der Waals surface area contributed by atoms with Gasteiger partial charge >= 0.3 is 0 Å². The molecule has 2 bridgehead atoms. The Labute approximate surface area is 91.8 Å². The molecule has 0 saturated carbocycles. The molecule has 0 aromatic carbocycles. The van der Waals surface area contributed by atoms with E-state index < -0.39 is 5.60 Å². The maximum atomic E-state index is 11.8. The highest BCUT2D eigenvalue weighted by Crippen LogP contribution is 2.42. The van der Waals surface area contributed by atoms with E-state index in [1.807, 2.05) is 6.92 Å². The number of carbonyl (C=O) groups excluding carboxylic acids is 1. The van der Waals surface area contributed by atoms with Gasteiger partial charge in [0.1, 0.15) is 5.60 Å². The summed E-state index contributed by atoms with van der Waals surface area (Å²) >= 11 is 0. The first-order chi connectivity index (χ1) is 7.09. The summed E-state index contributed by atoms with van der Waals surface area (Å²) in [5.41, 5.74) is -0.465. The van der Waals surface area contributed by atoms with Crippen LogP contribution in [0, 0.1) is 0 Å². The van der Waals surface area contributed by atoms with Gasteiger partial charge in [0.15, 0.2) is 5.78 Å². The smallest absolute Gasteiger partial charge is 0.161 e. The second-order valence-electron chi connectivity index (χ2n) is 4.94. The molecule has 2 unspecified atom stereocenters. The second kappa shape index (κ2) is 3.87. The van der Waals surface area contributed by atoms with Crippen LogP contribution >= 0.6 is 0 Å². The predicted molar refractivity (Wildman–Crippen MR) is 58.8 cm³/mol. The number of carbonyl (C=O) groups is 1. The lowest BCUT2D eigenvalue weighted by Crippen LogP contribution is -2.54. The van der Waals surface area contributed by atoms with Gasteiger partial charge in [-0.2, -0.15) is 0 Å². The molecule has 15 heavy (non-hydrogen) atoms. The Morgan fingerprint density at radius 2 is 1.93 bits per heavy atom. The van der Waals surface area contributed by atoms with E-state index in [0.717, 1.165) is 12.8 Å². The normalized spacial score (nSPS) is 40.7. The van der Waals surface area contributed by atoms with Gasteiger partial charge in [-0.3, -0.25) is 4.79 Å². The summed E-state index contributed by atoms with van der Waals surface area (Å²) in [6, 6.07) is 1.11. The van der Waals surface area contributed by atoms with Crippen molar-refractivity contribution in [2.45, 2.75) is 57.2 Å². The van der Waals surface area contributed by atoms with E-state index >= 15 is 0 Å². The fourth-order valence-corrected chi connectivity index (χ4v) is 3.21. The van der Waals surface area contributed by atoms with Gasteiger partial charge in [-0.05, 0) is 46.6 Å². The zero-order valence-electron chi connectivity index (χ0n) is 9.95. The number of piperidine rings is 1. The quantitative estimate of drug-likeness (QED) is 0.710. The number of ether oxygens (including phenoxy) is 1. The van der Waals surface area contributed by atoms with E-state index in [1.165, 1.54) is 12.8 Å². The van der Waals surface area contributed by atoms with Crippen LogP contribution in [-0.4, -0.2) is 42.0 Å². The monoisotopic (exact) mass is 211 g/mol. The number of hydrogen-bond acceptors (Lipinski definition) is 3. The Bertz CT molecular complexity index is 250. The standard InChI is InChI=1S/C12H21NO2/c1-4-15-12(9(2)14)7-10-5-6-11(8-12)13(10)3/h10-11H,4-8H2,1-3H3. The first-order valence-electron chi connectivity index (χ1n) is 5.96. The summed E-state index contributed by atoms with van der Waals surface area (Å²) in [6.07, 6.45) is 4.24. The molecule has 3 heteroatoms. The summed E-state index contributed by atoms with van der Waals surface area (Å²) in [6.45, 7) is 4.30. The maximum Gasteiger partial charge on any atom is 0.161 e. The van der Waals surface area contributed by atoms with Crippen molar-refractivity contribution in [2.75, 3.05) is 13.7 Å². The summed E-state index contributed by atoms with van der Waals surface area (Å²) in [4.78, 5) is 14.2. The number of Topliss-reactive ketones (excluding diaryl/α,β-unsaturated/α-hetero) is 1. The average Bonchev–Trinajstić information content (AvgIpc) is 2.43.